The van der Waals surface area contributed by atoms with Crippen molar-refractivity contribution in [3.63, 3.8) is 0 Å². The summed E-state index contributed by atoms with van der Waals surface area (Å²) in [6.45, 7) is 7.59. The first kappa shape index (κ1) is 17.8. The van der Waals surface area contributed by atoms with Gasteiger partial charge in [0.2, 0.25) is 5.91 Å². The average molecular weight is 321 g/mol. The smallest absolute Gasteiger partial charge is 0.315 e. The molecule has 3 amide bonds. The van der Waals surface area contributed by atoms with E-state index in [9.17, 15) is 9.59 Å². The van der Waals surface area contributed by atoms with Crippen LogP contribution in [0.5, 0.6) is 0 Å². The standard InChI is InChI=1S/C18H31N3O2/c1-3-8-15(4-2)19-18(23)20-16-10-9-14(13-16)17(22)21-11-6-5-7-12-21/h3,14-16H,1,4-13H2,2H3,(H2,19,20,23)/t14-,15+,16+/m1/s1. The monoisotopic (exact) mass is 321 g/mol. The Morgan fingerprint density at radius 3 is 2.65 bits per heavy atom. The van der Waals surface area contributed by atoms with Crippen LogP contribution in [0.3, 0.4) is 0 Å². The molecule has 2 rings (SSSR count). The Balaban J connectivity index is 1.75. The second-order valence-corrected chi connectivity index (χ2v) is 6.84. The molecule has 1 saturated heterocycles. The fraction of sp³-hybridized carbons (Fsp3) is 0.778. The zero-order valence-corrected chi connectivity index (χ0v) is 14.4. The number of hydrogen-bond donors (Lipinski definition) is 2. The predicted octanol–water partition coefficient (Wildman–Crippen LogP) is 2.82. The van der Waals surface area contributed by atoms with E-state index < -0.39 is 0 Å². The van der Waals surface area contributed by atoms with Gasteiger partial charge in [0, 0.05) is 31.1 Å². The van der Waals surface area contributed by atoms with Crippen LogP contribution >= 0.6 is 0 Å². The van der Waals surface area contributed by atoms with E-state index in [1.165, 1.54) is 6.42 Å². The first-order chi connectivity index (χ1) is 11.1. The van der Waals surface area contributed by atoms with Crippen molar-refractivity contribution in [3.05, 3.63) is 12.7 Å². The molecule has 0 aromatic carbocycles. The van der Waals surface area contributed by atoms with E-state index in [4.69, 9.17) is 0 Å². The number of piperidine rings is 1. The number of amides is 3. The van der Waals surface area contributed by atoms with Crippen molar-refractivity contribution in [1.29, 1.82) is 0 Å². The summed E-state index contributed by atoms with van der Waals surface area (Å²) >= 11 is 0. The van der Waals surface area contributed by atoms with Crippen LogP contribution in [-0.2, 0) is 4.79 Å². The zero-order chi connectivity index (χ0) is 16.7. The molecule has 1 aliphatic heterocycles. The van der Waals surface area contributed by atoms with Gasteiger partial charge in [-0.25, -0.2) is 4.79 Å². The van der Waals surface area contributed by atoms with E-state index in [0.717, 1.165) is 58.0 Å². The highest BCUT2D eigenvalue weighted by atomic mass is 16.2. The summed E-state index contributed by atoms with van der Waals surface area (Å²) in [5.41, 5.74) is 0. The first-order valence-corrected chi connectivity index (χ1v) is 9.10. The summed E-state index contributed by atoms with van der Waals surface area (Å²) < 4.78 is 0. The predicted molar refractivity (Wildman–Crippen MR) is 92.1 cm³/mol. The van der Waals surface area contributed by atoms with E-state index in [1.54, 1.807) is 0 Å². The lowest BCUT2D eigenvalue weighted by molar-refractivity contribution is -0.136. The number of nitrogens with one attached hydrogen (secondary N) is 2. The van der Waals surface area contributed by atoms with Crippen molar-refractivity contribution in [2.75, 3.05) is 13.1 Å². The molecule has 3 atom stereocenters. The van der Waals surface area contributed by atoms with Gasteiger partial charge in [-0.15, -0.1) is 6.58 Å². The maximum atomic E-state index is 12.5. The van der Waals surface area contributed by atoms with E-state index in [1.807, 2.05) is 11.0 Å². The Bertz CT molecular complexity index is 418. The number of carbonyl (C=O) groups excluding carboxylic acids is 2. The third kappa shape index (κ3) is 5.26. The molecule has 0 spiro atoms. The maximum absolute atomic E-state index is 12.5. The fourth-order valence-corrected chi connectivity index (χ4v) is 3.65. The van der Waals surface area contributed by atoms with Crippen LogP contribution in [0.2, 0.25) is 0 Å². The van der Waals surface area contributed by atoms with Crippen LogP contribution in [0.15, 0.2) is 12.7 Å². The highest BCUT2D eigenvalue weighted by Crippen LogP contribution is 2.28. The topological polar surface area (TPSA) is 61.4 Å². The molecule has 2 N–H and O–H groups in total. The van der Waals surface area contributed by atoms with Crippen LogP contribution in [0.4, 0.5) is 4.79 Å². The molecule has 0 radical (unpaired) electrons. The summed E-state index contributed by atoms with van der Waals surface area (Å²) in [6.07, 6.45) is 9.57. The molecule has 23 heavy (non-hydrogen) atoms. The molecule has 0 bridgehead atoms. The van der Waals surface area contributed by atoms with Gasteiger partial charge in [-0.1, -0.05) is 13.0 Å². The molecular formula is C18H31N3O2. The molecule has 1 saturated carbocycles. The minimum absolute atomic E-state index is 0.0912. The number of urea groups is 1. The SMILES string of the molecule is C=CC[C@H](CC)NC(=O)N[C@H]1CC[C@@H](C(=O)N2CCCCC2)C1. The van der Waals surface area contributed by atoms with Crippen LogP contribution in [0.1, 0.15) is 58.3 Å². The zero-order valence-electron chi connectivity index (χ0n) is 14.4. The molecule has 0 aromatic heterocycles. The second-order valence-electron chi connectivity index (χ2n) is 6.84. The van der Waals surface area contributed by atoms with Gasteiger partial charge in [-0.3, -0.25) is 4.79 Å². The van der Waals surface area contributed by atoms with E-state index in [-0.39, 0.29) is 24.0 Å². The lowest BCUT2D eigenvalue weighted by Gasteiger charge is -2.29. The van der Waals surface area contributed by atoms with Gasteiger partial charge in [0.15, 0.2) is 0 Å². The van der Waals surface area contributed by atoms with Crippen LogP contribution in [-0.4, -0.2) is 42.0 Å². The molecule has 0 unspecified atom stereocenters. The van der Waals surface area contributed by atoms with Gasteiger partial charge in [-0.2, -0.15) is 0 Å². The Kier molecular flexibility index (Phi) is 6.93. The van der Waals surface area contributed by atoms with Crippen molar-refractivity contribution < 1.29 is 9.59 Å². The average Bonchev–Trinajstić information content (AvgIpc) is 3.02. The summed E-state index contributed by atoms with van der Waals surface area (Å²) in [4.78, 5) is 26.6. The first-order valence-electron chi connectivity index (χ1n) is 9.10. The van der Waals surface area contributed by atoms with Crippen LogP contribution in [0.25, 0.3) is 0 Å². The van der Waals surface area contributed by atoms with Gasteiger partial charge in [0.05, 0.1) is 0 Å². The van der Waals surface area contributed by atoms with Crippen molar-refractivity contribution in [2.45, 2.75) is 70.4 Å². The summed E-state index contributed by atoms with van der Waals surface area (Å²) in [6, 6.07) is 0.143. The minimum Gasteiger partial charge on any atom is -0.342 e. The van der Waals surface area contributed by atoms with Gasteiger partial charge in [-0.05, 0) is 51.4 Å². The summed E-state index contributed by atoms with van der Waals surface area (Å²) in [5, 5.41) is 6.02. The molecule has 2 fully saturated rings. The van der Waals surface area contributed by atoms with Crippen molar-refractivity contribution >= 4 is 11.9 Å². The van der Waals surface area contributed by atoms with E-state index >= 15 is 0 Å². The number of rotatable bonds is 6. The number of likely N-dealkylation sites (tertiary alicyclic amines) is 1. The quantitative estimate of drug-likeness (QED) is 0.739. The molecule has 2 aliphatic rings. The van der Waals surface area contributed by atoms with E-state index in [0.29, 0.717) is 5.91 Å². The normalized spacial score (nSPS) is 25.7. The maximum Gasteiger partial charge on any atom is 0.315 e. The lowest BCUT2D eigenvalue weighted by atomic mass is 10.0. The number of hydrogen-bond acceptors (Lipinski definition) is 2. The van der Waals surface area contributed by atoms with Crippen molar-refractivity contribution in [2.24, 2.45) is 5.92 Å². The molecule has 1 aliphatic carbocycles. The van der Waals surface area contributed by atoms with Gasteiger partial charge >= 0.3 is 6.03 Å². The molecule has 5 nitrogen and oxygen atoms in total. The molecular weight excluding hydrogens is 290 g/mol. The Morgan fingerprint density at radius 1 is 1.26 bits per heavy atom. The largest absolute Gasteiger partial charge is 0.342 e. The van der Waals surface area contributed by atoms with Crippen LogP contribution in [0, 0.1) is 5.92 Å². The molecule has 0 aromatic rings. The van der Waals surface area contributed by atoms with Crippen molar-refractivity contribution in [1.82, 2.24) is 15.5 Å². The number of nitrogens with zero attached hydrogens (tertiary/aromatic N) is 1. The van der Waals surface area contributed by atoms with Crippen LogP contribution < -0.4 is 10.6 Å². The van der Waals surface area contributed by atoms with Gasteiger partial charge in [0.1, 0.15) is 0 Å². The Morgan fingerprint density at radius 2 is 2.00 bits per heavy atom. The van der Waals surface area contributed by atoms with Gasteiger partial charge in [0.25, 0.3) is 0 Å². The van der Waals surface area contributed by atoms with Gasteiger partial charge < -0.3 is 15.5 Å². The molecule has 5 heteroatoms. The molecule has 1 heterocycles. The number of carbonyl (C=O) groups is 2. The highest BCUT2D eigenvalue weighted by molar-refractivity contribution is 5.80. The third-order valence-corrected chi connectivity index (χ3v) is 5.06. The highest BCUT2D eigenvalue weighted by Gasteiger charge is 2.33. The second kappa shape index (κ2) is 8.94. The Hall–Kier alpha value is -1.52. The Labute approximate surface area is 139 Å². The molecule has 130 valence electrons. The third-order valence-electron chi connectivity index (χ3n) is 5.06. The van der Waals surface area contributed by atoms with E-state index in [2.05, 4.69) is 24.1 Å². The minimum atomic E-state index is -0.116. The fourth-order valence-electron chi connectivity index (χ4n) is 3.65. The lowest BCUT2D eigenvalue weighted by Crippen LogP contribution is -2.45. The summed E-state index contributed by atoms with van der Waals surface area (Å²) in [5.74, 6) is 0.390. The summed E-state index contributed by atoms with van der Waals surface area (Å²) in [7, 11) is 0. The van der Waals surface area contributed by atoms with Crippen molar-refractivity contribution in [3.8, 4) is 0 Å².